The SMILES string of the molecule is CC[C@@H](C(=O)NC1CCCC1)N(Cc1ccccc1Cl)C(=O)COc1cccc2ccccc12. The first kappa shape index (κ1) is 24.1. The highest BCUT2D eigenvalue weighted by Crippen LogP contribution is 2.26. The Kier molecular flexibility index (Phi) is 8.07. The number of halogens is 1. The van der Waals surface area contributed by atoms with Gasteiger partial charge in [0.15, 0.2) is 6.61 Å². The zero-order valence-corrected chi connectivity index (χ0v) is 20.3. The van der Waals surface area contributed by atoms with E-state index >= 15 is 0 Å². The molecule has 0 saturated heterocycles. The van der Waals surface area contributed by atoms with Crippen LogP contribution in [-0.4, -0.2) is 35.4 Å². The third kappa shape index (κ3) is 5.71. The van der Waals surface area contributed by atoms with Crippen molar-refractivity contribution in [3.63, 3.8) is 0 Å². The average Bonchev–Trinajstić information content (AvgIpc) is 3.36. The van der Waals surface area contributed by atoms with E-state index in [0.29, 0.717) is 17.2 Å². The lowest BCUT2D eigenvalue weighted by Crippen LogP contribution is -2.52. The molecule has 1 N–H and O–H groups in total. The highest BCUT2D eigenvalue weighted by molar-refractivity contribution is 6.31. The molecule has 0 radical (unpaired) electrons. The third-order valence-electron chi connectivity index (χ3n) is 6.49. The first-order chi connectivity index (χ1) is 16.6. The molecule has 0 unspecified atom stereocenters. The summed E-state index contributed by atoms with van der Waals surface area (Å²) in [5, 5.41) is 5.72. The van der Waals surface area contributed by atoms with E-state index in [4.69, 9.17) is 16.3 Å². The number of benzene rings is 3. The second kappa shape index (κ2) is 11.4. The number of hydrogen-bond acceptors (Lipinski definition) is 3. The maximum Gasteiger partial charge on any atom is 0.261 e. The molecule has 34 heavy (non-hydrogen) atoms. The average molecular weight is 479 g/mol. The number of hydrogen-bond donors (Lipinski definition) is 1. The van der Waals surface area contributed by atoms with Crippen molar-refractivity contribution in [3.05, 3.63) is 77.3 Å². The molecule has 6 heteroatoms. The molecule has 0 heterocycles. The first-order valence-corrected chi connectivity index (χ1v) is 12.4. The van der Waals surface area contributed by atoms with E-state index in [1.807, 2.05) is 67.6 Å². The minimum atomic E-state index is -0.597. The molecule has 0 spiro atoms. The summed E-state index contributed by atoms with van der Waals surface area (Å²) in [4.78, 5) is 28.3. The Hall–Kier alpha value is -3.05. The predicted octanol–water partition coefficient (Wildman–Crippen LogP) is 5.74. The van der Waals surface area contributed by atoms with Crippen molar-refractivity contribution in [3.8, 4) is 5.75 Å². The van der Waals surface area contributed by atoms with Gasteiger partial charge in [-0.2, -0.15) is 0 Å². The molecule has 1 aliphatic rings. The molecular weight excluding hydrogens is 448 g/mol. The van der Waals surface area contributed by atoms with Crippen LogP contribution in [0.25, 0.3) is 10.8 Å². The lowest BCUT2D eigenvalue weighted by molar-refractivity contribution is -0.143. The fourth-order valence-electron chi connectivity index (χ4n) is 4.64. The van der Waals surface area contributed by atoms with Crippen LogP contribution in [0, 0.1) is 0 Å². The van der Waals surface area contributed by atoms with Crippen LogP contribution in [0.4, 0.5) is 0 Å². The van der Waals surface area contributed by atoms with Crippen LogP contribution in [0.5, 0.6) is 5.75 Å². The van der Waals surface area contributed by atoms with Crippen LogP contribution in [0.1, 0.15) is 44.6 Å². The van der Waals surface area contributed by atoms with Crippen molar-refractivity contribution in [1.29, 1.82) is 0 Å². The molecule has 1 atom stereocenters. The van der Waals surface area contributed by atoms with Crippen LogP contribution in [-0.2, 0) is 16.1 Å². The molecule has 3 aromatic carbocycles. The van der Waals surface area contributed by atoms with Gasteiger partial charge in [-0.05, 0) is 42.3 Å². The number of amides is 2. The predicted molar refractivity (Wildman–Crippen MR) is 136 cm³/mol. The number of ether oxygens (including phenoxy) is 1. The van der Waals surface area contributed by atoms with Gasteiger partial charge in [-0.3, -0.25) is 9.59 Å². The van der Waals surface area contributed by atoms with Gasteiger partial charge in [0.2, 0.25) is 5.91 Å². The van der Waals surface area contributed by atoms with Gasteiger partial charge in [0.1, 0.15) is 11.8 Å². The Morgan fingerprint density at radius 3 is 2.50 bits per heavy atom. The molecule has 5 nitrogen and oxygen atoms in total. The molecular formula is C28H31ClN2O3. The van der Waals surface area contributed by atoms with E-state index < -0.39 is 6.04 Å². The Morgan fingerprint density at radius 1 is 1.03 bits per heavy atom. The summed E-state index contributed by atoms with van der Waals surface area (Å²) >= 11 is 6.41. The third-order valence-corrected chi connectivity index (χ3v) is 6.86. The van der Waals surface area contributed by atoms with Crippen molar-refractivity contribution >= 4 is 34.2 Å². The Labute approximate surface area is 206 Å². The van der Waals surface area contributed by atoms with Crippen molar-refractivity contribution in [2.45, 2.75) is 57.7 Å². The van der Waals surface area contributed by atoms with Crippen LogP contribution in [0.3, 0.4) is 0 Å². The molecule has 0 aliphatic heterocycles. The van der Waals surface area contributed by atoms with Gasteiger partial charge >= 0.3 is 0 Å². The van der Waals surface area contributed by atoms with Gasteiger partial charge in [0.25, 0.3) is 5.91 Å². The van der Waals surface area contributed by atoms with E-state index in [9.17, 15) is 9.59 Å². The molecule has 3 aromatic rings. The molecule has 2 amide bonds. The smallest absolute Gasteiger partial charge is 0.261 e. The van der Waals surface area contributed by atoms with Crippen LogP contribution in [0.15, 0.2) is 66.7 Å². The summed E-state index contributed by atoms with van der Waals surface area (Å²) in [7, 11) is 0. The highest BCUT2D eigenvalue weighted by Gasteiger charge is 2.31. The second-order valence-corrected chi connectivity index (χ2v) is 9.20. The summed E-state index contributed by atoms with van der Waals surface area (Å²) in [6.45, 7) is 2.01. The molecule has 1 aliphatic carbocycles. The molecule has 178 valence electrons. The van der Waals surface area contributed by atoms with Crippen LogP contribution >= 0.6 is 11.6 Å². The van der Waals surface area contributed by atoms with Gasteiger partial charge in [-0.15, -0.1) is 0 Å². The zero-order valence-electron chi connectivity index (χ0n) is 19.5. The summed E-state index contributed by atoms with van der Waals surface area (Å²) in [6, 6.07) is 20.7. The van der Waals surface area contributed by atoms with Gasteiger partial charge in [0, 0.05) is 23.0 Å². The lowest BCUT2D eigenvalue weighted by atomic mass is 10.1. The van der Waals surface area contributed by atoms with Crippen molar-refractivity contribution < 1.29 is 14.3 Å². The Morgan fingerprint density at radius 2 is 1.74 bits per heavy atom. The van der Waals surface area contributed by atoms with Gasteiger partial charge in [-0.1, -0.05) is 86.0 Å². The lowest BCUT2D eigenvalue weighted by Gasteiger charge is -2.31. The van der Waals surface area contributed by atoms with Crippen molar-refractivity contribution in [2.24, 2.45) is 0 Å². The van der Waals surface area contributed by atoms with E-state index in [0.717, 1.165) is 42.0 Å². The number of carbonyl (C=O) groups is 2. The summed E-state index contributed by atoms with van der Waals surface area (Å²) < 4.78 is 5.98. The maximum atomic E-state index is 13.5. The largest absolute Gasteiger partial charge is 0.483 e. The van der Waals surface area contributed by atoms with E-state index in [1.54, 1.807) is 11.0 Å². The van der Waals surface area contributed by atoms with Crippen LogP contribution < -0.4 is 10.1 Å². The van der Waals surface area contributed by atoms with Gasteiger partial charge in [-0.25, -0.2) is 0 Å². The highest BCUT2D eigenvalue weighted by atomic mass is 35.5. The first-order valence-electron chi connectivity index (χ1n) is 12.0. The normalized spacial score (nSPS) is 14.6. The minimum Gasteiger partial charge on any atom is -0.483 e. The fraction of sp³-hybridized carbons (Fsp3) is 0.357. The quantitative estimate of drug-likeness (QED) is 0.426. The number of nitrogens with zero attached hydrogens (tertiary/aromatic N) is 1. The summed E-state index contributed by atoms with van der Waals surface area (Å²) in [5.41, 5.74) is 0.801. The topological polar surface area (TPSA) is 58.6 Å². The van der Waals surface area contributed by atoms with E-state index in [-0.39, 0.29) is 31.0 Å². The van der Waals surface area contributed by atoms with Crippen LogP contribution in [0.2, 0.25) is 5.02 Å². The van der Waals surface area contributed by atoms with Gasteiger partial charge in [0.05, 0.1) is 0 Å². The standard InChI is InChI=1S/C28H31ClN2O3/c1-2-25(28(33)30-22-13-5-6-14-22)31(18-21-11-4-8-16-24(21)29)27(32)19-34-26-17-9-12-20-10-3-7-15-23(20)26/h3-4,7-12,15-17,22,25H,2,5-6,13-14,18-19H2,1H3,(H,30,33)/t25-/m0/s1. The monoisotopic (exact) mass is 478 g/mol. The Bertz CT molecular complexity index is 1140. The fourth-order valence-corrected chi connectivity index (χ4v) is 4.84. The zero-order chi connectivity index (χ0) is 23.9. The molecule has 0 bridgehead atoms. The van der Waals surface area contributed by atoms with Crippen molar-refractivity contribution in [1.82, 2.24) is 10.2 Å². The van der Waals surface area contributed by atoms with E-state index in [2.05, 4.69) is 5.32 Å². The molecule has 4 rings (SSSR count). The molecule has 0 aromatic heterocycles. The summed E-state index contributed by atoms with van der Waals surface area (Å²) in [6.07, 6.45) is 4.74. The number of rotatable bonds is 9. The minimum absolute atomic E-state index is 0.111. The number of fused-ring (bicyclic) bond motifs is 1. The summed E-state index contributed by atoms with van der Waals surface area (Å²) in [5.74, 6) is 0.286. The van der Waals surface area contributed by atoms with E-state index in [1.165, 1.54) is 0 Å². The van der Waals surface area contributed by atoms with Crippen molar-refractivity contribution in [2.75, 3.05) is 6.61 Å². The maximum absolute atomic E-state index is 13.5. The Balaban J connectivity index is 1.55. The second-order valence-electron chi connectivity index (χ2n) is 8.79. The molecule has 1 fully saturated rings. The van der Waals surface area contributed by atoms with Gasteiger partial charge < -0.3 is 15.0 Å². The number of nitrogens with one attached hydrogen (secondary N) is 1. The number of carbonyl (C=O) groups excluding carboxylic acids is 2. The molecule has 1 saturated carbocycles.